The van der Waals surface area contributed by atoms with Crippen LogP contribution in [0.4, 0.5) is 5.69 Å². The van der Waals surface area contributed by atoms with E-state index in [0.717, 1.165) is 19.5 Å². The first-order valence-corrected chi connectivity index (χ1v) is 4.27. The molecule has 1 saturated heterocycles. The van der Waals surface area contributed by atoms with Gasteiger partial charge in [-0.05, 0) is 18.6 Å². The summed E-state index contributed by atoms with van der Waals surface area (Å²) in [5, 5.41) is 0. The predicted octanol–water partition coefficient (Wildman–Crippen LogP) is 1.46. The maximum Gasteiger partial charge on any atom is 0.0397 e. The monoisotopic (exact) mass is 235 g/mol. The van der Waals surface area contributed by atoms with Crippen LogP contribution in [0.5, 0.6) is 0 Å². The molecular weight excluding hydrogens is 221 g/mol. The van der Waals surface area contributed by atoms with E-state index in [0.29, 0.717) is 6.04 Å². The molecule has 0 aromatic carbocycles. The molecule has 5 heteroatoms. The lowest BCUT2D eigenvalue weighted by Gasteiger charge is -2.16. The molecule has 1 aliphatic rings. The highest BCUT2D eigenvalue weighted by Gasteiger charge is 2.18. The molecule has 1 unspecified atom stereocenters. The second-order valence-electron chi connectivity index (χ2n) is 3.20. The van der Waals surface area contributed by atoms with E-state index in [-0.39, 0.29) is 24.8 Å². The van der Waals surface area contributed by atoms with Gasteiger partial charge in [0, 0.05) is 37.2 Å². The van der Waals surface area contributed by atoms with Gasteiger partial charge in [-0.2, -0.15) is 0 Å². The second-order valence-corrected chi connectivity index (χ2v) is 3.20. The van der Waals surface area contributed by atoms with Crippen molar-refractivity contribution < 1.29 is 0 Å². The number of nitrogens with zero attached hydrogens (tertiary/aromatic N) is 2. The molecule has 0 saturated carbocycles. The Hall–Kier alpha value is -0.510. The third-order valence-electron chi connectivity index (χ3n) is 2.25. The number of hydrogen-bond donors (Lipinski definition) is 1. The van der Waals surface area contributed by atoms with Crippen molar-refractivity contribution in [3.63, 3.8) is 0 Å². The minimum Gasteiger partial charge on any atom is -0.370 e. The van der Waals surface area contributed by atoms with Gasteiger partial charge in [0.15, 0.2) is 0 Å². The fraction of sp³-hybridized carbons (Fsp3) is 0.444. The fourth-order valence-electron chi connectivity index (χ4n) is 1.58. The summed E-state index contributed by atoms with van der Waals surface area (Å²) in [6.45, 7) is 2.05. The van der Waals surface area contributed by atoms with E-state index in [1.165, 1.54) is 5.69 Å². The molecule has 80 valence electrons. The first-order valence-electron chi connectivity index (χ1n) is 4.27. The predicted molar refractivity (Wildman–Crippen MR) is 63.5 cm³/mol. The number of halogens is 2. The van der Waals surface area contributed by atoms with Gasteiger partial charge in [0.25, 0.3) is 0 Å². The minimum absolute atomic E-state index is 0. The molecule has 2 heterocycles. The summed E-state index contributed by atoms with van der Waals surface area (Å²) in [6.07, 6.45) is 4.74. The summed E-state index contributed by atoms with van der Waals surface area (Å²) >= 11 is 0. The van der Waals surface area contributed by atoms with Crippen molar-refractivity contribution in [2.75, 3.05) is 18.0 Å². The maximum absolute atomic E-state index is 5.81. The molecular formula is C9H15Cl2N3. The molecule has 3 nitrogen and oxygen atoms in total. The van der Waals surface area contributed by atoms with Crippen molar-refractivity contribution in [2.24, 2.45) is 5.73 Å². The lowest BCUT2D eigenvalue weighted by atomic mass is 10.3. The highest BCUT2D eigenvalue weighted by Crippen LogP contribution is 2.17. The topological polar surface area (TPSA) is 42.1 Å². The van der Waals surface area contributed by atoms with Crippen LogP contribution in [0.25, 0.3) is 0 Å². The van der Waals surface area contributed by atoms with Crippen molar-refractivity contribution in [3.8, 4) is 0 Å². The van der Waals surface area contributed by atoms with E-state index in [1.54, 1.807) is 0 Å². The lowest BCUT2D eigenvalue weighted by molar-refractivity contribution is 0.752. The molecule has 2 N–H and O–H groups in total. The Morgan fingerprint density at radius 2 is 1.93 bits per heavy atom. The van der Waals surface area contributed by atoms with E-state index in [4.69, 9.17) is 5.73 Å². The summed E-state index contributed by atoms with van der Waals surface area (Å²) in [5.41, 5.74) is 7.04. The highest BCUT2D eigenvalue weighted by atomic mass is 35.5. The molecule has 0 radical (unpaired) electrons. The van der Waals surface area contributed by atoms with Crippen LogP contribution in [-0.4, -0.2) is 24.1 Å². The van der Waals surface area contributed by atoms with Crippen LogP contribution in [0.2, 0.25) is 0 Å². The molecule has 14 heavy (non-hydrogen) atoms. The van der Waals surface area contributed by atoms with Crippen LogP contribution in [0.1, 0.15) is 6.42 Å². The second kappa shape index (κ2) is 6.06. The quantitative estimate of drug-likeness (QED) is 0.802. The zero-order valence-corrected chi connectivity index (χ0v) is 9.43. The van der Waals surface area contributed by atoms with Crippen molar-refractivity contribution >= 4 is 30.5 Å². The summed E-state index contributed by atoms with van der Waals surface area (Å²) in [6, 6.07) is 4.40. The van der Waals surface area contributed by atoms with E-state index in [2.05, 4.69) is 9.88 Å². The molecule has 1 aromatic rings. The average Bonchev–Trinajstić information content (AvgIpc) is 2.54. The van der Waals surface area contributed by atoms with Gasteiger partial charge in [0.05, 0.1) is 0 Å². The largest absolute Gasteiger partial charge is 0.370 e. The van der Waals surface area contributed by atoms with Gasteiger partial charge in [-0.1, -0.05) is 0 Å². The number of aromatic nitrogens is 1. The van der Waals surface area contributed by atoms with Crippen LogP contribution in [-0.2, 0) is 0 Å². The Morgan fingerprint density at radius 3 is 2.43 bits per heavy atom. The van der Waals surface area contributed by atoms with Gasteiger partial charge in [0.1, 0.15) is 0 Å². The van der Waals surface area contributed by atoms with Gasteiger partial charge in [0.2, 0.25) is 0 Å². The smallest absolute Gasteiger partial charge is 0.0397 e. The first kappa shape index (κ1) is 13.5. The number of rotatable bonds is 1. The van der Waals surface area contributed by atoms with E-state index in [1.807, 2.05) is 24.5 Å². The molecule has 1 aromatic heterocycles. The number of pyridine rings is 1. The first-order chi connectivity index (χ1) is 5.86. The Morgan fingerprint density at radius 1 is 1.29 bits per heavy atom. The summed E-state index contributed by atoms with van der Waals surface area (Å²) in [4.78, 5) is 6.28. The maximum atomic E-state index is 5.81. The number of nitrogens with two attached hydrogens (primary N) is 1. The zero-order chi connectivity index (χ0) is 8.39. The summed E-state index contributed by atoms with van der Waals surface area (Å²) < 4.78 is 0. The molecule has 0 aliphatic carbocycles. The SMILES string of the molecule is Cl.Cl.NC1CCN(c2ccncc2)C1. The molecule has 0 spiro atoms. The van der Waals surface area contributed by atoms with Gasteiger partial charge in [-0.25, -0.2) is 0 Å². The van der Waals surface area contributed by atoms with Crippen LogP contribution >= 0.6 is 24.8 Å². The van der Waals surface area contributed by atoms with Crippen molar-refractivity contribution in [1.82, 2.24) is 4.98 Å². The van der Waals surface area contributed by atoms with Crippen molar-refractivity contribution in [2.45, 2.75) is 12.5 Å². The molecule has 2 rings (SSSR count). The van der Waals surface area contributed by atoms with E-state index >= 15 is 0 Å². The molecule has 0 amide bonds. The van der Waals surface area contributed by atoms with Gasteiger partial charge in [-0.3, -0.25) is 4.98 Å². The van der Waals surface area contributed by atoms with Crippen LogP contribution < -0.4 is 10.6 Å². The third kappa shape index (κ3) is 3.01. The normalized spacial score (nSPS) is 19.8. The fourth-order valence-corrected chi connectivity index (χ4v) is 1.58. The Labute approximate surface area is 96.5 Å². The zero-order valence-electron chi connectivity index (χ0n) is 7.80. The molecule has 1 aliphatic heterocycles. The van der Waals surface area contributed by atoms with Gasteiger partial charge < -0.3 is 10.6 Å². The highest BCUT2D eigenvalue weighted by molar-refractivity contribution is 5.85. The standard InChI is InChI=1S/C9H13N3.2ClH/c10-8-3-6-12(7-8)9-1-4-11-5-2-9;;/h1-2,4-5,8H,3,6-7,10H2;2*1H. The molecule has 0 bridgehead atoms. The molecule has 1 atom stereocenters. The minimum atomic E-state index is 0. The van der Waals surface area contributed by atoms with E-state index in [9.17, 15) is 0 Å². The van der Waals surface area contributed by atoms with Crippen molar-refractivity contribution in [3.05, 3.63) is 24.5 Å². The van der Waals surface area contributed by atoms with Gasteiger partial charge >= 0.3 is 0 Å². The van der Waals surface area contributed by atoms with Gasteiger partial charge in [-0.15, -0.1) is 24.8 Å². The average molecular weight is 236 g/mol. The Balaban J connectivity index is 0.000000845. The molecule has 1 fully saturated rings. The van der Waals surface area contributed by atoms with Crippen LogP contribution in [0.3, 0.4) is 0 Å². The third-order valence-corrected chi connectivity index (χ3v) is 2.25. The Kier molecular flexibility index (Phi) is 5.84. The van der Waals surface area contributed by atoms with Crippen LogP contribution in [0.15, 0.2) is 24.5 Å². The summed E-state index contributed by atoms with van der Waals surface area (Å²) in [5.74, 6) is 0. The Bertz CT molecular complexity index is 255. The summed E-state index contributed by atoms with van der Waals surface area (Å²) in [7, 11) is 0. The van der Waals surface area contributed by atoms with E-state index < -0.39 is 0 Å². The van der Waals surface area contributed by atoms with Crippen LogP contribution in [0, 0.1) is 0 Å². The number of anilines is 1. The number of hydrogen-bond acceptors (Lipinski definition) is 3. The lowest BCUT2D eigenvalue weighted by Crippen LogP contribution is -2.26. The van der Waals surface area contributed by atoms with Crippen molar-refractivity contribution in [1.29, 1.82) is 0 Å².